The molecule has 0 bridgehead atoms. The Balaban J connectivity index is 0.970. The maximum atomic E-state index is 13.9. The van der Waals surface area contributed by atoms with Crippen molar-refractivity contribution in [1.29, 1.82) is 0 Å². The standard InChI is InChI=1S/C42H41N9O7/c1-57-42(56)49-35(26-13-6-3-7-14-26)40(53)51-20-10-18-32(51)37-44-23-30(47-37)38-45-24-33(58-38)28-16-8-15-27(21-28)29-22-43-36(46-29)31-17-9-19-50(31)39(52)34(48-41(54)55)25-11-4-2-5-12-25/h2-8,11-16,21-24,31-32,34-35,48H,9-10,17-20H2,1H3,(H,43,46)(H,44,47)(H,49,56)(H,54,55)/t31-,32-,34+,35+/m0/s1. The van der Waals surface area contributed by atoms with Crippen molar-refractivity contribution < 1.29 is 33.4 Å². The van der Waals surface area contributed by atoms with E-state index in [-0.39, 0.29) is 23.9 Å². The summed E-state index contributed by atoms with van der Waals surface area (Å²) in [4.78, 5) is 75.5. The van der Waals surface area contributed by atoms with Gasteiger partial charge in [-0.2, -0.15) is 0 Å². The number of likely N-dealkylation sites (tertiary alicyclic amines) is 2. The van der Waals surface area contributed by atoms with Gasteiger partial charge in [-0.25, -0.2) is 24.5 Å². The van der Waals surface area contributed by atoms with E-state index in [4.69, 9.17) is 9.15 Å². The van der Waals surface area contributed by atoms with Crippen LogP contribution in [-0.2, 0) is 14.3 Å². The molecule has 0 unspecified atom stereocenters. The summed E-state index contributed by atoms with van der Waals surface area (Å²) >= 11 is 0. The van der Waals surface area contributed by atoms with Crippen molar-refractivity contribution in [2.45, 2.75) is 49.9 Å². The highest BCUT2D eigenvalue weighted by molar-refractivity contribution is 5.88. The minimum Gasteiger partial charge on any atom is -0.465 e. The molecule has 296 valence electrons. The van der Waals surface area contributed by atoms with Gasteiger partial charge in [0.2, 0.25) is 5.89 Å². The Morgan fingerprint density at radius 3 is 1.86 bits per heavy atom. The molecule has 2 fully saturated rings. The van der Waals surface area contributed by atoms with Gasteiger partial charge in [0.15, 0.2) is 5.76 Å². The number of hydrogen-bond donors (Lipinski definition) is 5. The average Bonchev–Trinajstić information content (AvgIpc) is 4.11. The van der Waals surface area contributed by atoms with E-state index in [0.29, 0.717) is 66.1 Å². The lowest BCUT2D eigenvalue weighted by Crippen LogP contribution is -2.42. The molecule has 2 aliphatic rings. The van der Waals surface area contributed by atoms with Gasteiger partial charge in [0.1, 0.15) is 29.4 Å². The molecule has 4 atom stereocenters. The molecule has 8 rings (SSSR count). The Labute approximate surface area is 332 Å². The fraction of sp³-hybridized carbons (Fsp3) is 0.262. The van der Waals surface area contributed by atoms with E-state index in [0.717, 1.165) is 29.7 Å². The van der Waals surface area contributed by atoms with Crippen LogP contribution >= 0.6 is 0 Å². The Hall–Kier alpha value is -7.23. The fourth-order valence-electron chi connectivity index (χ4n) is 7.77. The van der Waals surface area contributed by atoms with Crippen LogP contribution in [0, 0.1) is 0 Å². The van der Waals surface area contributed by atoms with Gasteiger partial charge in [0.05, 0.1) is 43.5 Å². The van der Waals surface area contributed by atoms with Crippen LogP contribution in [0.15, 0.2) is 108 Å². The summed E-state index contributed by atoms with van der Waals surface area (Å²) in [7, 11) is 1.26. The number of H-pyrrole nitrogens is 2. The number of imidazole rings is 2. The van der Waals surface area contributed by atoms with Crippen molar-refractivity contribution in [3.8, 4) is 34.2 Å². The molecule has 5 heterocycles. The van der Waals surface area contributed by atoms with E-state index in [1.807, 2.05) is 48.5 Å². The maximum absolute atomic E-state index is 13.9. The third-order valence-corrected chi connectivity index (χ3v) is 10.6. The number of amides is 4. The predicted octanol–water partition coefficient (Wildman–Crippen LogP) is 6.56. The van der Waals surface area contributed by atoms with Crippen LogP contribution < -0.4 is 10.6 Å². The third kappa shape index (κ3) is 7.76. The van der Waals surface area contributed by atoms with Crippen molar-refractivity contribution in [3.63, 3.8) is 0 Å². The summed E-state index contributed by atoms with van der Waals surface area (Å²) < 4.78 is 11.0. The number of hydrogen-bond acceptors (Lipinski definition) is 9. The summed E-state index contributed by atoms with van der Waals surface area (Å²) in [5.41, 5.74) is 4.11. The number of nitrogens with one attached hydrogen (secondary N) is 4. The lowest BCUT2D eigenvalue weighted by molar-refractivity contribution is -0.135. The summed E-state index contributed by atoms with van der Waals surface area (Å²) in [5.74, 6) is 1.45. The molecule has 16 heteroatoms. The number of rotatable bonds is 11. The van der Waals surface area contributed by atoms with Gasteiger partial charge in [0, 0.05) is 24.2 Å². The number of aromatic amines is 2. The molecule has 58 heavy (non-hydrogen) atoms. The Morgan fingerprint density at radius 1 is 0.724 bits per heavy atom. The summed E-state index contributed by atoms with van der Waals surface area (Å²) in [6.07, 6.45) is 5.89. The first kappa shape index (κ1) is 37.7. The molecule has 0 radical (unpaired) electrons. The van der Waals surface area contributed by atoms with E-state index in [2.05, 4.69) is 35.6 Å². The lowest BCUT2D eigenvalue weighted by atomic mass is 10.1. The van der Waals surface area contributed by atoms with Crippen molar-refractivity contribution >= 4 is 24.0 Å². The zero-order chi connectivity index (χ0) is 40.2. The van der Waals surface area contributed by atoms with E-state index in [9.17, 15) is 24.3 Å². The normalized spacial score (nSPS) is 17.5. The maximum Gasteiger partial charge on any atom is 0.407 e. The molecule has 5 N–H and O–H groups in total. The second kappa shape index (κ2) is 16.5. The number of carboxylic acid groups (broad SMARTS) is 1. The topological polar surface area (TPSA) is 212 Å². The summed E-state index contributed by atoms with van der Waals surface area (Å²) in [5, 5.41) is 14.6. The molecule has 0 saturated carbocycles. The molecule has 3 aromatic heterocycles. The number of oxazole rings is 1. The van der Waals surface area contributed by atoms with Crippen LogP contribution in [0.3, 0.4) is 0 Å². The predicted molar refractivity (Wildman–Crippen MR) is 210 cm³/mol. The average molecular weight is 784 g/mol. The number of methoxy groups -OCH3 is 1. The number of ether oxygens (including phenoxy) is 1. The third-order valence-electron chi connectivity index (χ3n) is 10.6. The van der Waals surface area contributed by atoms with E-state index in [1.165, 1.54) is 7.11 Å². The molecule has 16 nitrogen and oxygen atoms in total. The molecule has 4 amide bonds. The molecule has 6 aromatic rings. The van der Waals surface area contributed by atoms with Gasteiger partial charge in [0.25, 0.3) is 11.8 Å². The van der Waals surface area contributed by atoms with Crippen LogP contribution in [0.4, 0.5) is 9.59 Å². The number of benzene rings is 3. The van der Waals surface area contributed by atoms with Crippen LogP contribution in [-0.4, -0.2) is 84.0 Å². The minimum absolute atomic E-state index is 0.265. The Bertz CT molecular complexity index is 2410. The Morgan fingerprint density at radius 2 is 1.28 bits per heavy atom. The van der Waals surface area contributed by atoms with Gasteiger partial charge < -0.3 is 44.7 Å². The summed E-state index contributed by atoms with van der Waals surface area (Å²) in [6.45, 7) is 0.977. The first-order valence-electron chi connectivity index (χ1n) is 19.0. The zero-order valence-electron chi connectivity index (χ0n) is 31.5. The highest BCUT2D eigenvalue weighted by Crippen LogP contribution is 2.37. The van der Waals surface area contributed by atoms with Gasteiger partial charge in [-0.05, 0) is 42.9 Å². The molecule has 3 aromatic carbocycles. The van der Waals surface area contributed by atoms with E-state index in [1.54, 1.807) is 64.8 Å². The number of nitrogens with zero attached hydrogens (tertiary/aromatic N) is 5. The first-order chi connectivity index (χ1) is 28.3. The van der Waals surface area contributed by atoms with Crippen molar-refractivity contribution in [3.05, 3.63) is 126 Å². The monoisotopic (exact) mass is 783 g/mol. The largest absolute Gasteiger partial charge is 0.465 e. The van der Waals surface area contributed by atoms with Gasteiger partial charge in [-0.1, -0.05) is 78.9 Å². The fourth-order valence-corrected chi connectivity index (χ4v) is 7.77. The second-order valence-corrected chi connectivity index (χ2v) is 14.1. The lowest BCUT2D eigenvalue weighted by Gasteiger charge is -2.28. The number of alkyl carbamates (subject to hydrolysis) is 1. The SMILES string of the molecule is COC(=O)N[C@@H](C(=O)N1CCC[C@H]1c1ncc(-c2ncc(-c3cccc(-c4cnc([C@@H]5CCCN5C(=O)[C@H](NC(=O)O)c5ccccc5)[nH]4)c3)o2)[nH]1)c1ccccc1. The van der Waals surface area contributed by atoms with Gasteiger partial charge >= 0.3 is 12.2 Å². The zero-order valence-corrected chi connectivity index (χ0v) is 31.5. The van der Waals surface area contributed by atoms with Crippen LogP contribution in [0.5, 0.6) is 0 Å². The molecular formula is C42H41N9O7. The highest BCUT2D eigenvalue weighted by Gasteiger charge is 2.38. The van der Waals surface area contributed by atoms with Crippen LogP contribution in [0.1, 0.15) is 72.6 Å². The second-order valence-electron chi connectivity index (χ2n) is 14.1. The molecule has 2 aliphatic heterocycles. The van der Waals surface area contributed by atoms with Crippen LogP contribution in [0.2, 0.25) is 0 Å². The van der Waals surface area contributed by atoms with E-state index >= 15 is 0 Å². The minimum atomic E-state index is -1.28. The van der Waals surface area contributed by atoms with Crippen molar-refractivity contribution in [2.24, 2.45) is 0 Å². The molecule has 2 saturated heterocycles. The Kier molecular flexibility index (Phi) is 10.7. The highest BCUT2D eigenvalue weighted by atomic mass is 16.5. The van der Waals surface area contributed by atoms with Crippen LogP contribution in [0.25, 0.3) is 34.2 Å². The molecule has 0 aliphatic carbocycles. The van der Waals surface area contributed by atoms with Crippen molar-refractivity contribution in [1.82, 2.24) is 45.4 Å². The molecule has 0 spiro atoms. The van der Waals surface area contributed by atoms with Gasteiger partial charge in [-0.15, -0.1) is 0 Å². The number of carbonyl (C=O) groups is 4. The first-order valence-corrected chi connectivity index (χ1v) is 19.0. The molecular weight excluding hydrogens is 743 g/mol. The number of carbonyl (C=O) groups excluding carboxylic acids is 3. The number of aromatic nitrogens is 5. The summed E-state index contributed by atoms with van der Waals surface area (Å²) in [6, 6.07) is 22.9. The van der Waals surface area contributed by atoms with E-state index < -0.39 is 24.3 Å². The smallest absolute Gasteiger partial charge is 0.407 e. The quantitative estimate of drug-likeness (QED) is 0.0956. The van der Waals surface area contributed by atoms with Gasteiger partial charge in [-0.3, -0.25) is 9.59 Å². The van der Waals surface area contributed by atoms with Crippen molar-refractivity contribution in [2.75, 3.05) is 20.2 Å².